The number of rotatable bonds is 6. The van der Waals surface area contributed by atoms with E-state index < -0.39 is 5.60 Å². The first-order valence-electron chi connectivity index (χ1n) is 10.1. The van der Waals surface area contributed by atoms with Crippen molar-refractivity contribution in [1.29, 1.82) is 0 Å². The number of aryl methyl sites for hydroxylation is 1. The van der Waals surface area contributed by atoms with Crippen molar-refractivity contribution >= 4 is 23.0 Å². The van der Waals surface area contributed by atoms with Crippen molar-refractivity contribution in [2.24, 2.45) is 0 Å². The quantitative estimate of drug-likeness (QED) is 0.600. The van der Waals surface area contributed by atoms with Crippen LogP contribution < -0.4 is 10.1 Å². The number of nitrogens with one attached hydrogen (secondary N) is 1. The van der Waals surface area contributed by atoms with Gasteiger partial charge in [0.1, 0.15) is 16.7 Å². The largest absolute Gasteiger partial charge is 0.474 e. The second-order valence-electron chi connectivity index (χ2n) is 8.02. The molecular weight excluding hydrogens is 384 g/mol. The molecule has 1 aromatic carbocycles. The van der Waals surface area contributed by atoms with E-state index in [1.54, 1.807) is 23.6 Å². The first kappa shape index (κ1) is 18.5. The van der Waals surface area contributed by atoms with Crippen molar-refractivity contribution in [3.63, 3.8) is 0 Å². The minimum atomic E-state index is -0.720. The molecule has 2 aliphatic rings. The number of hydrogen-bond acceptors (Lipinski definition) is 7. The maximum atomic E-state index is 10.6. The van der Waals surface area contributed by atoms with Gasteiger partial charge in [-0.05, 0) is 68.7 Å². The van der Waals surface area contributed by atoms with E-state index in [9.17, 15) is 5.11 Å². The molecule has 0 atom stereocenters. The first-order chi connectivity index (χ1) is 14.1. The van der Waals surface area contributed by atoms with Crippen molar-refractivity contribution in [1.82, 2.24) is 15.0 Å². The van der Waals surface area contributed by atoms with E-state index in [1.165, 1.54) is 6.42 Å². The van der Waals surface area contributed by atoms with Gasteiger partial charge in [0.25, 0.3) is 0 Å². The summed E-state index contributed by atoms with van der Waals surface area (Å²) in [7, 11) is 0. The van der Waals surface area contributed by atoms with Crippen molar-refractivity contribution in [3.8, 4) is 16.3 Å². The maximum absolute atomic E-state index is 10.6. The SMILES string of the molecule is Cc1cc(Nc2nccc(OC3CCC3)n2)cc(-c2cnc(C3(O)CCC3)s2)c1. The van der Waals surface area contributed by atoms with Crippen LogP contribution in [0.4, 0.5) is 11.6 Å². The minimum Gasteiger partial charge on any atom is -0.474 e. The Labute approximate surface area is 174 Å². The fourth-order valence-electron chi connectivity index (χ4n) is 3.60. The predicted octanol–water partition coefficient (Wildman–Crippen LogP) is 4.95. The molecule has 0 radical (unpaired) electrons. The van der Waals surface area contributed by atoms with Gasteiger partial charge in [0.05, 0.1) is 4.88 Å². The molecule has 0 spiro atoms. The van der Waals surface area contributed by atoms with Gasteiger partial charge in [-0.3, -0.25) is 0 Å². The van der Waals surface area contributed by atoms with Crippen molar-refractivity contribution in [2.75, 3.05) is 5.32 Å². The number of hydrogen-bond donors (Lipinski definition) is 2. The second kappa shape index (κ2) is 7.39. The van der Waals surface area contributed by atoms with Crippen LogP contribution in [-0.4, -0.2) is 26.2 Å². The molecule has 2 N–H and O–H groups in total. The van der Waals surface area contributed by atoms with Gasteiger partial charge in [-0.2, -0.15) is 4.98 Å². The van der Waals surface area contributed by atoms with Crippen molar-refractivity contribution < 1.29 is 9.84 Å². The van der Waals surface area contributed by atoms with Gasteiger partial charge in [-0.25, -0.2) is 9.97 Å². The summed E-state index contributed by atoms with van der Waals surface area (Å²) in [5, 5.41) is 14.7. The van der Waals surface area contributed by atoms with E-state index in [0.29, 0.717) is 11.8 Å². The molecule has 6 nitrogen and oxygen atoms in total. The number of aliphatic hydroxyl groups is 1. The highest BCUT2D eigenvalue weighted by molar-refractivity contribution is 7.15. The summed E-state index contributed by atoms with van der Waals surface area (Å²) in [6.45, 7) is 2.06. The Kier molecular flexibility index (Phi) is 4.72. The van der Waals surface area contributed by atoms with E-state index in [1.807, 2.05) is 6.20 Å². The van der Waals surface area contributed by atoms with Crippen LogP contribution in [0.15, 0.2) is 36.7 Å². The van der Waals surface area contributed by atoms with E-state index in [2.05, 4.69) is 45.4 Å². The lowest BCUT2D eigenvalue weighted by molar-refractivity contribution is -0.0389. The molecule has 29 heavy (non-hydrogen) atoms. The van der Waals surface area contributed by atoms with Crippen LogP contribution in [0.1, 0.15) is 49.1 Å². The molecule has 0 saturated heterocycles. The molecule has 0 aliphatic heterocycles. The monoisotopic (exact) mass is 408 g/mol. The van der Waals surface area contributed by atoms with Gasteiger partial charge in [-0.1, -0.05) is 6.07 Å². The third kappa shape index (κ3) is 3.84. The number of aromatic nitrogens is 3. The Morgan fingerprint density at radius 2 is 2.03 bits per heavy atom. The van der Waals surface area contributed by atoms with Crippen LogP contribution in [0.25, 0.3) is 10.4 Å². The standard InChI is InChI=1S/C22H24N4O2S/c1-14-10-15(18-13-24-20(29-18)22(27)7-3-8-22)12-16(11-14)25-21-23-9-6-19(26-21)28-17-4-2-5-17/h6,9-13,17,27H,2-5,7-8H2,1H3,(H,23,25,26). The zero-order chi connectivity index (χ0) is 19.8. The summed E-state index contributed by atoms with van der Waals surface area (Å²) in [5.74, 6) is 1.13. The van der Waals surface area contributed by atoms with Crippen LogP contribution in [0, 0.1) is 6.92 Å². The smallest absolute Gasteiger partial charge is 0.230 e. The van der Waals surface area contributed by atoms with Crippen LogP contribution in [0.2, 0.25) is 0 Å². The first-order valence-corrected chi connectivity index (χ1v) is 11.0. The maximum Gasteiger partial charge on any atom is 0.230 e. The van der Waals surface area contributed by atoms with Crippen LogP contribution >= 0.6 is 11.3 Å². The summed E-state index contributed by atoms with van der Waals surface area (Å²) in [6, 6.07) is 8.06. The molecule has 0 unspecified atom stereocenters. The van der Waals surface area contributed by atoms with E-state index in [4.69, 9.17) is 4.74 Å². The number of nitrogens with zero attached hydrogens (tertiary/aromatic N) is 3. The zero-order valence-electron chi connectivity index (χ0n) is 16.4. The molecule has 2 aromatic heterocycles. The topological polar surface area (TPSA) is 80.2 Å². The molecule has 2 aliphatic carbocycles. The number of benzene rings is 1. The highest BCUT2D eigenvalue weighted by Crippen LogP contribution is 2.44. The molecular formula is C22H24N4O2S. The Morgan fingerprint density at radius 3 is 2.76 bits per heavy atom. The summed E-state index contributed by atoms with van der Waals surface area (Å²) >= 11 is 1.57. The van der Waals surface area contributed by atoms with Crippen LogP contribution in [-0.2, 0) is 5.60 Å². The van der Waals surface area contributed by atoms with Gasteiger partial charge in [-0.15, -0.1) is 11.3 Å². The van der Waals surface area contributed by atoms with Crippen LogP contribution in [0.5, 0.6) is 5.88 Å². The lowest BCUT2D eigenvalue weighted by Crippen LogP contribution is -2.33. The lowest BCUT2D eigenvalue weighted by atomic mass is 9.81. The average molecular weight is 409 g/mol. The number of thiazole rings is 1. The molecule has 5 rings (SSSR count). The average Bonchev–Trinajstić information content (AvgIpc) is 3.13. The normalized spacial score (nSPS) is 18.0. The van der Waals surface area contributed by atoms with Crippen molar-refractivity contribution in [3.05, 3.63) is 47.2 Å². The third-order valence-corrected chi connectivity index (χ3v) is 6.91. The van der Waals surface area contributed by atoms with E-state index in [-0.39, 0.29) is 6.10 Å². The summed E-state index contributed by atoms with van der Waals surface area (Å²) < 4.78 is 5.87. The van der Waals surface area contributed by atoms with Crippen molar-refractivity contribution in [2.45, 2.75) is 57.2 Å². The summed E-state index contributed by atoms with van der Waals surface area (Å²) in [5.41, 5.74) is 2.39. The van der Waals surface area contributed by atoms with Gasteiger partial charge < -0.3 is 15.2 Å². The predicted molar refractivity (Wildman–Crippen MR) is 114 cm³/mol. The fraction of sp³-hybridized carbons (Fsp3) is 0.409. The third-order valence-electron chi connectivity index (χ3n) is 5.67. The molecule has 7 heteroatoms. The molecule has 0 bridgehead atoms. The van der Waals surface area contributed by atoms with Gasteiger partial charge in [0.15, 0.2) is 0 Å². The van der Waals surface area contributed by atoms with Gasteiger partial charge >= 0.3 is 0 Å². The molecule has 3 aromatic rings. The molecule has 2 heterocycles. The minimum absolute atomic E-state index is 0.286. The summed E-state index contributed by atoms with van der Waals surface area (Å²) in [4.78, 5) is 14.4. The Morgan fingerprint density at radius 1 is 1.17 bits per heavy atom. The molecule has 2 saturated carbocycles. The fourth-order valence-corrected chi connectivity index (χ4v) is 4.65. The van der Waals surface area contributed by atoms with Gasteiger partial charge in [0, 0.05) is 24.1 Å². The van der Waals surface area contributed by atoms with Gasteiger partial charge in [0.2, 0.25) is 11.8 Å². The Balaban J connectivity index is 1.36. The van der Waals surface area contributed by atoms with Crippen LogP contribution in [0.3, 0.4) is 0 Å². The Bertz CT molecular complexity index is 1030. The van der Waals surface area contributed by atoms with E-state index in [0.717, 1.165) is 58.8 Å². The number of anilines is 2. The molecule has 150 valence electrons. The highest BCUT2D eigenvalue weighted by atomic mass is 32.1. The zero-order valence-corrected chi connectivity index (χ0v) is 17.2. The summed E-state index contributed by atoms with van der Waals surface area (Å²) in [6.07, 6.45) is 9.95. The second-order valence-corrected chi connectivity index (χ2v) is 9.05. The molecule has 2 fully saturated rings. The highest BCUT2D eigenvalue weighted by Gasteiger charge is 2.39. The Hall–Kier alpha value is -2.51. The lowest BCUT2D eigenvalue weighted by Gasteiger charge is -2.34. The number of ether oxygens (including phenoxy) is 1. The van der Waals surface area contributed by atoms with E-state index >= 15 is 0 Å². The molecule has 0 amide bonds.